The van der Waals surface area contributed by atoms with Gasteiger partial charge in [0.15, 0.2) is 11.6 Å². The van der Waals surface area contributed by atoms with Crippen LogP contribution in [-0.2, 0) is 16.6 Å². The third-order valence-corrected chi connectivity index (χ3v) is 11.6. The van der Waals surface area contributed by atoms with Crippen molar-refractivity contribution in [2.24, 2.45) is 0 Å². The maximum absolute atomic E-state index is 14.8. The van der Waals surface area contributed by atoms with Crippen molar-refractivity contribution < 1.29 is 22.4 Å². The molecule has 4 heterocycles. The summed E-state index contributed by atoms with van der Waals surface area (Å²) in [6, 6.07) is 16.0. The smallest absolute Gasteiger partial charge is 0.250 e. The van der Waals surface area contributed by atoms with Crippen molar-refractivity contribution in [1.82, 2.24) is 10.2 Å². The molecule has 1 amide bonds. The Bertz CT molecular complexity index is 2000. The first-order valence-electron chi connectivity index (χ1n) is 18.0. The molecule has 1 spiro atoms. The molecule has 2 saturated heterocycles. The van der Waals surface area contributed by atoms with Gasteiger partial charge in [0.05, 0.1) is 17.3 Å². The van der Waals surface area contributed by atoms with E-state index in [0.717, 1.165) is 86.9 Å². The van der Waals surface area contributed by atoms with E-state index in [4.69, 9.17) is 4.42 Å². The zero-order chi connectivity index (χ0) is 35.3. The summed E-state index contributed by atoms with van der Waals surface area (Å²) in [7, 11) is 0. The fraction of sp³-hybridized carbons (Fsp3) is 0.390. The Hall–Kier alpha value is -4.86. The van der Waals surface area contributed by atoms with Crippen molar-refractivity contribution in [2.45, 2.75) is 75.2 Å². The fourth-order valence-corrected chi connectivity index (χ4v) is 9.08. The van der Waals surface area contributed by atoms with Crippen molar-refractivity contribution in [3.05, 3.63) is 125 Å². The number of hydrogen-bond donors (Lipinski definition) is 0. The lowest BCUT2D eigenvalue weighted by Crippen LogP contribution is -2.48. The Balaban J connectivity index is 0.999. The molecule has 0 bridgehead atoms. The first-order chi connectivity index (χ1) is 24.7. The van der Waals surface area contributed by atoms with E-state index in [1.807, 2.05) is 17.0 Å². The minimum atomic E-state index is -0.887. The van der Waals surface area contributed by atoms with Crippen molar-refractivity contribution in [3.8, 4) is 0 Å². The largest absolute Gasteiger partial charge is 0.425 e. The van der Waals surface area contributed by atoms with Crippen LogP contribution in [0.1, 0.15) is 78.8 Å². The van der Waals surface area contributed by atoms with Crippen molar-refractivity contribution in [1.29, 1.82) is 0 Å². The summed E-state index contributed by atoms with van der Waals surface area (Å²) in [5.74, 6) is -1.28. The Morgan fingerprint density at radius 1 is 1.02 bits per heavy atom. The van der Waals surface area contributed by atoms with Gasteiger partial charge < -0.3 is 19.1 Å². The van der Waals surface area contributed by atoms with Crippen LogP contribution in [0.3, 0.4) is 0 Å². The maximum Gasteiger partial charge on any atom is 0.250 e. The molecule has 0 saturated carbocycles. The first-order valence-corrected chi connectivity index (χ1v) is 18.0. The van der Waals surface area contributed by atoms with Gasteiger partial charge in [0, 0.05) is 44.8 Å². The number of halogens is 3. The standard InChI is InChI=1S/C41H42F3N5O2/c1-3-39(50)49-25-32-8-5-17-48(32)38-23-31(11-14-37(38)49)47-18-15-41(16-19-47)24-29(33-12-10-30(42)22-34(33)41)7-4-6-28(40-46-45-26(2)51-40)20-27-9-13-35(43)36(44)21-27/h3-4,6,9-14,21-23,28-29,32H,1,5,7-8,15-20,24-25H2,2H3/b6-4+/t28-,29-,32+/m1/s1. The molecule has 3 aliphatic heterocycles. The lowest BCUT2D eigenvalue weighted by atomic mass is 9.73. The quantitative estimate of drug-likeness (QED) is 0.137. The molecule has 0 radical (unpaired) electrons. The highest BCUT2D eigenvalue weighted by atomic mass is 19.2. The van der Waals surface area contributed by atoms with Crippen LogP contribution >= 0.6 is 0 Å². The van der Waals surface area contributed by atoms with Crippen molar-refractivity contribution in [2.75, 3.05) is 40.9 Å². The SMILES string of the molecule is C=CC(=O)N1C[C@@H]2CCCN2c2cc(N3CCC4(CC3)C[C@@H](C/C=C/[C@H](Cc3ccc(F)c(F)c3)c3nnc(C)o3)c3ccc(F)cc34)ccc21. The van der Waals surface area contributed by atoms with Gasteiger partial charge in [-0.25, -0.2) is 13.2 Å². The number of aryl methyl sites for hydroxylation is 1. The number of anilines is 3. The summed E-state index contributed by atoms with van der Waals surface area (Å²) in [5.41, 5.74) is 6.05. The topological polar surface area (TPSA) is 65.7 Å². The molecule has 3 aromatic carbocycles. The van der Waals surface area contributed by atoms with Gasteiger partial charge in [-0.1, -0.05) is 30.9 Å². The third kappa shape index (κ3) is 6.23. The number of aromatic nitrogens is 2. The third-order valence-electron chi connectivity index (χ3n) is 11.6. The number of carbonyl (C=O) groups excluding carboxylic acids is 1. The van der Waals surface area contributed by atoms with Gasteiger partial charge in [-0.2, -0.15) is 0 Å². The van der Waals surface area contributed by atoms with Crippen LogP contribution in [0.5, 0.6) is 0 Å². The molecule has 2 fully saturated rings. The van der Waals surface area contributed by atoms with Gasteiger partial charge in [0.1, 0.15) is 5.82 Å². The molecular weight excluding hydrogens is 651 g/mol. The van der Waals surface area contributed by atoms with Gasteiger partial charge in [-0.05, 0) is 122 Å². The second kappa shape index (κ2) is 13.4. The number of allylic oxidation sites excluding steroid dienone is 2. The average molecular weight is 694 g/mol. The maximum atomic E-state index is 14.8. The molecule has 4 aliphatic rings. The summed E-state index contributed by atoms with van der Waals surface area (Å²) in [4.78, 5) is 19.5. The van der Waals surface area contributed by atoms with E-state index in [2.05, 4.69) is 50.9 Å². The second-order valence-electron chi connectivity index (χ2n) is 14.6. The monoisotopic (exact) mass is 693 g/mol. The van der Waals surface area contributed by atoms with Crippen LogP contribution < -0.4 is 14.7 Å². The Morgan fingerprint density at radius 2 is 1.86 bits per heavy atom. The molecule has 0 unspecified atom stereocenters. The molecule has 10 heteroatoms. The predicted molar refractivity (Wildman–Crippen MR) is 192 cm³/mol. The Kier molecular flexibility index (Phi) is 8.72. The number of rotatable bonds is 8. The van der Waals surface area contributed by atoms with Crippen molar-refractivity contribution in [3.63, 3.8) is 0 Å². The average Bonchev–Trinajstić information content (AvgIpc) is 3.87. The number of piperidine rings is 1. The van der Waals surface area contributed by atoms with Gasteiger partial charge in [0.2, 0.25) is 11.8 Å². The molecule has 0 N–H and O–H groups in total. The fourth-order valence-electron chi connectivity index (χ4n) is 9.08. The Labute approximate surface area is 296 Å². The number of benzene rings is 3. The van der Waals surface area contributed by atoms with Gasteiger partial charge in [0.25, 0.3) is 5.91 Å². The molecule has 3 atom stereocenters. The molecule has 1 aliphatic carbocycles. The van der Waals surface area contributed by atoms with E-state index < -0.39 is 11.6 Å². The van der Waals surface area contributed by atoms with Crippen molar-refractivity contribution >= 4 is 23.0 Å². The van der Waals surface area contributed by atoms with Crippen LogP contribution in [0, 0.1) is 24.4 Å². The minimum Gasteiger partial charge on any atom is -0.425 e. The van der Waals surface area contributed by atoms with E-state index >= 15 is 0 Å². The lowest BCUT2D eigenvalue weighted by molar-refractivity contribution is -0.114. The first kappa shape index (κ1) is 33.3. The van der Waals surface area contributed by atoms with E-state index in [-0.39, 0.29) is 29.0 Å². The number of hydrogen-bond acceptors (Lipinski definition) is 6. The molecule has 8 rings (SSSR count). The van der Waals surface area contributed by atoms with Gasteiger partial charge >= 0.3 is 0 Å². The summed E-state index contributed by atoms with van der Waals surface area (Å²) >= 11 is 0. The normalized spacial score (nSPS) is 21.2. The van der Waals surface area contributed by atoms with Crippen LogP contribution in [0.2, 0.25) is 0 Å². The molecule has 51 heavy (non-hydrogen) atoms. The molecular formula is C41H42F3N5O2. The van der Waals surface area contributed by atoms with E-state index in [1.165, 1.54) is 17.7 Å². The number of fused-ring (bicyclic) bond motifs is 5. The number of nitrogens with zero attached hydrogens (tertiary/aromatic N) is 5. The Morgan fingerprint density at radius 3 is 2.63 bits per heavy atom. The zero-order valence-corrected chi connectivity index (χ0v) is 28.8. The number of carbonyl (C=O) groups is 1. The minimum absolute atomic E-state index is 0.0597. The van der Waals surface area contributed by atoms with E-state index in [9.17, 15) is 18.0 Å². The zero-order valence-electron chi connectivity index (χ0n) is 28.8. The highest BCUT2D eigenvalue weighted by Gasteiger charge is 2.45. The predicted octanol–water partition coefficient (Wildman–Crippen LogP) is 8.30. The van der Waals surface area contributed by atoms with Crippen LogP contribution in [0.4, 0.5) is 30.2 Å². The van der Waals surface area contributed by atoms with Crippen LogP contribution in [0.15, 0.2) is 83.8 Å². The van der Waals surface area contributed by atoms with E-state index in [1.54, 1.807) is 25.1 Å². The highest BCUT2D eigenvalue weighted by molar-refractivity contribution is 6.04. The van der Waals surface area contributed by atoms with Gasteiger partial charge in [-0.15, -0.1) is 10.2 Å². The summed E-state index contributed by atoms with van der Waals surface area (Å²) < 4.78 is 48.2. The highest BCUT2D eigenvalue weighted by Crippen LogP contribution is 2.54. The summed E-state index contributed by atoms with van der Waals surface area (Å²) in [5, 5.41) is 8.22. The lowest BCUT2D eigenvalue weighted by Gasteiger charge is -2.43. The van der Waals surface area contributed by atoms with E-state index in [0.29, 0.717) is 36.4 Å². The second-order valence-corrected chi connectivity index (χ2v) is 14.6. The van der Waals surface area contributed by atoms with Gasteiger partial charge in [-0.3, -0.25) is 4.79 Å². The summed E-state index contributed by atoms with van der Waals surface area (Å²) in [6.45, 7) is 8.85. The summed E-state index contributed by atoms with van der Waals surface area (Å²) in [6.07, 6.45) is 11.6. The molecule has 7 nitrogen and oxygen atoms in total. The molecule has 4 aromatic rings. The molecule has 264 valence electrons. The number of amides is 1. The van der Waals surface area contributed by atoms with Crippen LogP contribution in [-0.4, -0.2) is 48.3 Å². The van der Waals surface area contributed by atoms with Crippen LogP contribution in [0.25, 0.3) is 0 Å². The molecule has 1 aromatic heterocycles.